The number of hydrogen-bond donors (Lipinski definition) is 0. The predicted octanol–water partition coefficient (Wildman–Crippen LogP) is 3.87. The summed E-state index contributed by atoms with van der Waals surface area (Å²) in [4.78, 5) is 16.6. The van der Waals surface area contributed by atoms with Gasteiger partial charge in [-0.2, -0.15) is 0 Å². The maximum Gasteiger partial charge on any atom is 0.173 e. The van der Waals surface area contributed by atoms with Crippen LogP contribution in [0.2, 0.25) is 0 Å². The number of thioether (sulfide) groups is 1. The number of nitrogens with zero attached hydrogens (tertiary/aromatic N) is 2. The maximum atomic E-state index is 12.2. The van der Waals surface area contributed by atoms with Crippen LogP contribution in [0.4, 0.5) is 0 Å². The van der Waals surface area contributed by atoms with Crippen molar-refractivity contribution in [3.63, 3.8) is 0 Å². The average Bonchev–Trinajstić information content (AvgIpc) is 2.92. The second-order valence-electron chi connectivity index (χ2n) is 5.45. The smallest absolute Gasteiger partial charge is 0.173 e. The molecule has 1 aromatic heterocycles. The molecule has 0 spiro atoms. The van der Waals surface area contributed by atoms with Crippen LogP contribution in [0.5, 0.6) is 5.75 Å². The number of carbonyl (C=O) groups is 1. The fourth-order valence-electron chi connectivity index (χ4n) is 2.70. The van der Waals surface area contributed by atoms with Gasteiger partial charge in [0.25, 0.3) is 0 Å². The van der Waals surface area contributed by atoms with Crippen molar-refractivity contribution in [1.29, 1.82) is 0 Å². The molecular formula is C17H20N2O2S. The monoisotopic (exact) mass is 316 g/mol. The lowest BCUT2D eigenvalue weighted by Crippen LogP contribution is -2.15. The fraction of sp³-hybridized carbons (Fsp3) is 0.412. The van der Waals surface area contributed by atoms with Crippen molar-refractivity contribution < 1.29 is 9.53 Å². The fourth-order valence-corrected chi connectivity index (χ4v) is 3.89. The zero-order valence-electron chi connectivity index (χ0n) is 12.7. The molecule has 0 radical (unpaired) electrons. The summed E-state index contributed by atoms with van der Waals surface area (Å²) in [6.07, 6.45) is 8.71. The van der Waals surface area contributed by atoms with Crippen LogP contribution in [0.1, 0.15) is 32.1 Å². The molecule has 1 aromatic carbocycles. The summed E-state index contributed by atoms with van der Waals surface area (Å²) in [5.74, 6) is 1.20. The van der Waals surface area contributed by atoms with Gasteiger partial charge in [-0.05, 0) is 37.1 Å². The van der Waals surface area contributed by atoms with Gasteiger partial charge in [-0.25, -0.2) is 4.98 Å². The molecule has 4 nitrogen and oxygen atoms in total. The Balaban J connectivity index is 1.80. The van der Waals surface area contributed by atoms with E-state index in [2.05, 4.69) is 4.98 Å². The maximum absolute atomic E-state index is 12.2. The number of benzene rings is 1. The number of ketones is 1. The minimum atomic E-state index is 0.0434. The zero-order chi connectivity index (χ0) is 15.4. The van der Waals surface area contributed by atoms with Crippen LogP contribution in [-0.2, 0) is 4.79 Å². The summed E-state index contributed by atoms with van der Waals surface area (Å²) in [7, 11) is 1.66. The molecule has 1 heterocycles. The van der Waals surface area contributed by atoms with E-state index in [1.807, 2.05) is 35.0 Å². The van der Waals surface area contributed by atoms with Gasteiger partial charge in [-0.3, -0.25) is 9.36 Å². The quantitative estimate of drug-likeness (QED) is 0.803. The lowest BCUT2D eigenvalue weighted by Gasteiger charge is -2.14. The molecule has 22 heavy (non-hydrogen) atoms. The third-order valence-corrected chi connectivity index (χ3v) is 5.25. The van der Waals surface area contributed by atoms with Gasteiger partial charge in [-0.15, -0.1) is 0 Å². The molecule has 1 aliphatic rings. The second kappa shape index (κ2) is 7.01. The highest BCUT2D eigenvalue weighted by atomic mass is 32.2. The Bertz CT molecular complexity index is 636. The SMILES string of the molecule is COc1ccc(-n2ccnc2S[C@@H]2CCCCCC2=O)cc1. The van der Waals surface area contributed by atoms with Crippen molar-refractivity contribution in [3.8, 4) is 11.4 Å². The first kappa shape index (κ1) is 15.2. The van der Waals surface area contributed by atoms with E-state index in [-0.39, 0.29) is 5.25 Å². The zero-order valence-corrected chi connectivity index (χ0v) is 13.5. The minimum absolute atomic E-state index is 0.0434. The highest BCUT2D eigenvalue weighted by molar-refractivity contribution is 8.00. The minimum Gasteiger partial charge on any atom is -0.497 e. The number of methoxy groups -OCH3 is 1. The Kier molecular flexibility index (Phi) is 4.83. The highest BCUT2D eigenvalue weighted by Gasteiger charge is 2.23. The van der Waals surface area contributed by atoms with Crippen LogP contribution in [0.25, 0.3) is 5.69 Å². The van der Waals surface area contributed by atoms with Crippen LogP contribution in [0.3, 0.4) is 0 Å². The van der Waals surface area contributed by atoms with Crippen molar-refractivity contribution in [2.75, 3.05) is 7.11 Å². The van der Waals surface area contributed by atoms with E-state index >= 15 is 0 Å². The number of aromatic nitrogens is 2. The Labute approximate surface area is 134 Å². The molecule has 0 saturated heterocycles. The van der Waals surface area contributed by atoms with Gasteiger partial charge in [0, 0.05) is 24.5 Å². The number of hydrogen-bond acceptors (Lipinski definition) is 4. The van der Waals surface area contributed by atoms with Crippen molar-refractivity contribution in [2.24, 2.45) is 0 Å². The van der Waals surface area contributed by atoms with Gasteiger partial charge in [0.15, 0.2) is 5.16 Å². The van der Waals surface area contributed by atoms with Crippen LogP contribution in [0, 0.1) is 0 Å². The molecule has 0 amide bonds. The average molecular weight is 316 g/mol. The van der Waals surface area contributed by atoms with Gasteiger partial charge in [-0.1, -0.05) is 24.6 Å². The molecule has 1 aliphatic carbocycles. The molecular weight excluding hydrogens is 296 g/mol. The van der Waals surface area contributed by atoms with Crippen molar-refractivity contribution in [1.82, 2.24) is 9.55 Å². The molecule has 5 heteroatoms. The van der Waals surface area contributed by atoms with Crippen molar-refractivity contribution in [2.45, 2.75) is 42.5 Å². The standard InChI is InChI=1S/C17H20N2O2S/c1-21-14-9-7-13(8-10-14)19-12-11-18-17(19)22-16-6-4-2-3-5-15(16)20/h7-12,16H,2-6H2,1H3/t16-/m1/s1. The molecule has 0 N–H and O–H groups in total. The molecule has 1 fully saturated rings. The van der Waals surface area contributed by atoms with Gasteiger partial charge < -0.3 is 4.74 Å². The van der Waals surface area contributed by atoms with E-state index in [9.17, 15) is 4.79 Å². The predicted molar refractivity (Wildman–Crippen MR) is 87.9 cm³/mol. The van der Waals surface area contributed by atoms with E-state index in [1.54, 1.807) is 25.1 Å². The highest BCUT2D eigenvalue weighted by Crippen LogP contribution is 2.31. The van der Waals surface area contributed by atoms with E-state index in [0.717, 1.165) is 42.3 Å². The summed E-state index contributed by atoms with van der Waals surface area (Å²) >= 11 is 1.60. The second-order valence-corrected chi connectivity index (χ2v) is 6.62. The Morgan fingerprint density at radius 2 is 2.05 bits per heavy atom. The number of ether oxygens (including phenoxy) is 1. The molecule has 3 rings (SSSR count). The molecule has 1 atom stereocenters. The number of imidazole rings is 1. The van der Waals surface area contributed by atoms with Crippen LogP contribution in [0.15, 0.2) is 41.8 Å². The topological polar surface area (TPSA) is 44.1 Å². The third kappa shape index (κ3) is 3.35. The van der Waals surface area contributed by atoms with Crippen LogP contribution < -0.4 is 4.74 Å². The van der Waals surface area contributed by atoms with E-state index in [0.29, 0.717) is 12.2 Å². The molecule has 0 aliphatic heterocycles. The Morgan fingerprint density at radius 3 is 2.82 bits per heavy atom. The van der Waals surface area contributed by atoms with Gasteiger partial charge in [0.2, 0.25) is 0 Å². The number of Topliss-reactive ketones (excluding diaryl/α,β-unsaturated/α-hetero) is 1. The third-order valence-electron chi connectivity index (χ3n) is 3.95. The van der Waals surface area contributed by atoms with Crippen molar-refractivity contribution in [3.05, 3.63) is 36.7 Å². The molecule has 0 bridgehead atoms. The van der Waals surface area contributed by atoms with E-state index in [4.69, 9.17) is 4.74 Å². The van der Waals surface area contributed by atoms with E-state index in [1.165, 1.54) is 0 Å². The summed E-state index contributed by atoms with van der Waals surface area (Å²) < 4.78 is 7.22. The number of rotatable bonds is 4. The lowest BCUT2D eigenvalue weighted by atomic mass is 10.2. The van der Waals surface area contributed by atoms with Crippen molar-refractivity contribution >= 4 is 17.5 Å². The summed E-state index contributed by atoms with van der Waals surface area (Å²) in [6.45, 7) is 0. The van der Waals surface area contributed by atoms with E-state index < -0.39 is 0 Å². The molecule has 2 aromatic rings. The summed E-state index contributed by atoms with van der Waals surface area (Å²) in [5.41, 5.74) is 1.03. The lowest BCUT2D eigenvalue weighted by molar-refractivity contribution is -0.118. The molecule has 1 saturated carbocycles. The Morgan fingerprint density at radius 1 is 1.23 bits per heavy atom. The van der Waals surface area contributed by atoms with Gasteiger partial charge in [0.1, 0.15) is 11.5 Å². The largest absolute Gasteiger partial charge is 0.497 e. The molecule has 0 unspecified atom stereocenters. The van der Waals surface area contributed by atoms with Crippen LogP contribution in [-0.4, -0.2) is 27.7 Å². The van der Waals surface area contributed by atoms with Gasteiger partial charge in [0.05, 0.1) is 12.4 Å². The first-order valence-electron chi connectivity index (χ1n) is 7.65. The van der Waals surface area contributed by atoms with Gasteiger partial charge >= 0.3 is 0 Å². The van der Waals surface area contributed by atoms with Crippen LogP contribution >= 0.6 is 11.8 Å². The first-order chi connectivity index (χ1) is 10.8. The normalized spacial score (nSPS) is 19.0. The number of carbonyl (C=O) groups excluding carboxylic acids is 1. The summed E-state index contributed by atoms with van der Waals surface area (Å²) in [6, 6.07) is 7.86. The summed E-state index contributed by atoms with van der Waals surface area (Å²) in [5, 5.41) is 0.923. The first-order valence-corrected chi connectivity index (χ1v) is 8.53. The molecule has 116 valence electrons. The Hall–Kier alpha value is -1.75.